The van der Waals surface area contributed by atoms with Crippen LogP contribution in [-0.4, -0.2) is 47.1 Å². The average Bonchev–Trinajstić information content (AvgIpc) is 3.30. The van der Waals surface area contributed by atoms with Crippen molar-refractivity contribution in [1.82, 2.24) is 14.9 Å². The molecule has 1 aromatic heterocycles. The highest BCUT2D eigenvalue weighted by Crippen LogP contribution is 2.32. The van der Waals surface area contributed by atoms with Crippen molar-refractivity contribution in [2.75, 3.05) is 20.3 Å². The van der Waals surface area contributed by atoms with Crippen LogP contribution < -0.4 is 4.74 Å². The van der Waals surface area contributed by atoms with Gasteiger partial charge in [0.15, 0.2) is 6.61 Å². The molecule has 2 aromatic rings. The average molecular weight is 340 g/mol. The minimum atomic E-state index is -0.0920. The number of ether oxygens (including phenoxy) is 2. The molecule has 130 valence electrons. The van der Waals surface area contributed by atoms with Crippen molar-refractivity contribution >= 4 is 5.91 Å². The van der Waals surface area contributed by atoms with Gasteiger partial charge in [-0.05, 0) is 17.7 Å². The van der Waals surface area contributed by atoms with Crippen LogP contribution in [0.5, 0.6) is 5.75 Å². The molecule has 25 heavy (non-hydrogen) atoms. The van der Waals surface area contributed by atoms with E-state index in [1.54, 1.807) is 31.6 Å². The summed E-state index contributed by atoms with van der Waals surface area (Å²) < 4.78 is 10.7. The molecule has 1 saturated heterocycles. The molecule has 1 amide bonds. The van der Waals surface area contributed by atoms with Gasteiger partial charge in [0.1, 0.15) is 17.6 Å². The Kier molecular flexibility index (Phi) is 5.31. The van der Waals surface area contributed by atoms with E-state index in [-0.39, 0.29) is 24.7 Å². The van der Waals surface area contributed by atoms with E-state index in [1.165, 1.54) is 0 Å². The van der Waals surface area contributed by atoms with E-state index in [0.717, 1.165) is 17.8 Å². The highest BCUT2D eigenvalue weighted by Gasteiger charge is 2.37. The number of methoxy groups -OCH3 is 1. The third-order valence-electron chi connectivity index (χ3n) is 4.33. The molecule has 0 radical (unpaired) electrons. The topological polar surface area (TPSA) is 91.2 Å². The summed E-state index contributed by atoms with van der Waals surface area (Å²) in [4.78, 5) is 22.0. The Morgan fingerprint density at radius 3 is 2.88 bits per heavy atom. The minimum absolute atomic E-state index is 0.00921. The van der Waals surface area contributed by atoms with E-state index in [9.17, 15) is 4.79 Å². The Balaban J connectivity index is 1.67. The number of aromatic nitrogens is 2. The second kappa shape index (κ2) is 7.81. The number of hydrogen-bond acceptors (Lipinski definition) is 5. The Labute approximate surface area is 146 Å². The van der Waals surface area contributed by atoms with E-state index in [4.69, 9.17) is 14.7 Å². The second-order valence-corrected chi connectivity index (χ2v) is 5.90. The molecule has 1 unspecified atom stereocenters. The fourth-order valence-corrected chi connectivity index (χ4v) is 3.06. The fourth-order valence-electron chi connectivity index (χ4n) is 3.06. The van der Waals surface area contributed by atoms with Gasteiger partial charge in [0.25, 0.3) is 0 Å². The molecule has 0 bridgehead atoms. The number of aromatic amines is 1. The van der Waals surface area contributed by atoms with E-state index >= 15 is 0 Å². The number of nitrogens with zero attached hydrogens (tertiary/aromatic N) is 3. The molecule has 1 N–H and O–H groups in total. The number of nitriles is 1. The Hall–Kier alpha value is -2.85. The minimum Gasteiger partial charge on any atom is -0.479 e. The van der Waals surface area contributed by atoms with Crippen LogP contribution in [0.3, 0.4) is 0 Å². The number of likely N-dealkylation sites (tertiary alicyclic amines) is 1. The number of H-pyrrole nitrogens is 1. The zero-order valence-electron chi connectivity index (χ0n) is 14.0. The van der Waals surface area contributed by atoms with Gasteiger partial charge in [-0.2, -0.15) is 5.26 Å². The van der Waals surface area contributed by atoms with Crippen LogP contribution in [0.15, 0.2) is 36.7 Å². The van der Waals surface area contributed by atoms with Gasteiger partial charge >= 0.3 is 0 Å². The lowest BCUT2D eigenvalue weighted by molar-refractivity contribution is -0.131. The number of carbonyl (C=O) groups is 1. The summed E-state index contributed by atoms with van der Waals surface area (Å²) >= 11 is 0. The number of rotatable bonds is 6. The van der Waals surface area contributed by atoms with Crippen LogP contribution >= 0.6 is 0 Å². The van der Waals surface area contributed by atoms with Gasteiger partial charge in [0.2, 0.25) is 5.91 Å². The van der Waals surface area contributed by atoms with Crippen molar-refractivity contribution < 1.29 is 14.3 Å². The molecule has 2 heterocycles. The monoisotopic (exact) mass is 340 g/mol. The van der Waals surface area contributed by atoms with Gasteiger partial charge in [-0.15, -0.1) is 0 Å². The molecule has 0 saturated carbocycles. The zero-order chi connectivity index (χ0) is 17.6. The number of benzene rings is 1. The van der Waals surface area contributed by atoms with Gasteiger partial charge in [-0.1, -0.05) is 12.1 Å². The molecule has 1 aromatic carbocycles. The summed E-state index contributed by atoms with van der Waals surface area (Å²) in [5.41, 5.74) is 0.897. The molecule has 7 nitrogen and oxygen atoms in total. The first-order chi connectivity index (χ1) is 12.2. The van der Waals surface area contributed by atoms with Gasteiger partial charge in [-0.25, -0.2) is 4.98 Å². The predicted molar refractivity (Wildman–Crippen MR) is 89.7 cm³/mol. The summed E-state index contributed by atoms with van der Waals surface area (Å²) in [6.07, 6.45) is 4.50. The molecular formula is C18H20N4O3. The number of amides is 1. The SMILES string of the molecule is CO[C@@H]1CC(c2ncc[nH]2)N(C(=O)Cc2ccc(OCC#N)cc2)C1. The van der Waals surface area contributed by atoms with Crippen LogP contribution in [0.2, 0.25) is 0 Å². The van der Waals surface area contributed by atoms with Gasteiger partial charge in [-0.3, -0.25) is 4.79 Å². The molecule has 0 spiro atoms. The lowest BCUT2D eigenvalue weighted by Crippen LogP contribution is -2.33. The van der Waals surface area contributed by atoms with E-state index in [0.29, 0.717) is 18.7 Å². The highest BCUT2D eigenvalue weighted by molar-refractivity contribution is 5.79. The summed E-state index contributed by atoms with van der Waals surface area (Å²) in [5.74, 6) is 1.44. The number of imidazole rings is 1. The fraction of sp³-hybridized carbons (Fsp3) is 0.389. The number of nitrogens with one attached hydrogen (secondary N) is 1. The Morgan fingerprint density at radius 2 is 2.24 bits per heavy atom. The van der Waals surface area contributed by atoms with Crippen LogP contribution in [0.4, 0.5) is 0 Å². The molecule has 1 fully saturated rings. The molecule has 1 aliphatic rings. The van der Waals surface area contributed by atoms with E-state index in [1.807, 2.05) is 23.1 Å². The predicted octanol–water partition coefficient (Wildman–Crippen LogP) is 1.84. The third-order valence-corrected chi connectivity index (χ3v) is 4.33. The first kappa shape index (κ1) is 17.0. The van der Waals surface area contributed by atoms with Gasteiger partial charge in [0.05, 0.1) is 18.6 Å². The lowest BCUT2D eigenvalue weighted by Gasteiger charge is -2.23. The molecule has 1 aliphatic heterocycles. The lowest BCUT2D eigenvalue weighted by atomic mass is 10.1. The second-order valence-electron chi connectivity index (χ2n) is 5.90. The van der Waals surface area contributed by atoms with Crippen molar-refractivity contribution in [3.8, 4) is 11.8 Å². The van der Waals surface area contributed by atoms with Crippen molar-refractivity contribution in [3.05, 3.63) is 48.0 Å². The molecular weight excluding hydrogens is 320 g/mol. The van der Waals surface area contributed by atoms with Crippen LogP contribution in [-0.2, 0) is 16.0 Å². The zero-order valence-corrected chi connectivity index (χ0v) is 14.0. The summed E-state index contributed by atoms with van der Waals surface area (Å²) in [6, 6.07) is 9.06. The largest absolute Gasteiger partial charge is 0.479 e. The van der Waals surface area contributed by atoms with Crippen molar-refractivity contribution in [3.63, 3.8) is 0 Å². The van der Waals surface area contributed by atoms with Crippen molar-refractivity contribution in [2.24, 2.45) is 0 Å². The van der Waals surface area contributed by atoms with Gasteiger partial charge in [0, 0.05) is 32.5 Å². The highest BCUT2D eigenvalue weighted by atomic mass is 16.5. The smallest absolute Gasteiger partial charge is 0.227 e. The number of hydrogen-bond donors (Lipinski definition) is 1. The molecule has 0 aliphatic carbocycles. The molecule has 7 heteroatoms. The van der Waals surface area contributed by atoms with Crippen LogP contribution in [0, 0.1) is 11.3 Å². The number of carbonyl (C=O) groups excluding carboxylic acids is 1. The van der Waals surface area contributed by atoms with Crippen molar-refractivity contribution in [2.45, 2.75) is 25.0 Å². The molecule has 2 atom stereocenters. The Bertz CT molecular complexity index is 737. The maximum absolute atomic E-state index is 12.8. The quantitative estimate of drug-likeness (QED) is 0.866. The van der Waals surface area contributed by atoms with Crippen LogP contribution in [0.1, 0.15) is 23.9 Å². The maximum Gasteiger partial charge on any atom is 0.227 e. The summed E-state index contributed by atoms with van der Waals surface area (Å²) in [6.45, 7) is 0.569. The van der Waals surface area contributed by atoms with Crippen LogP contribution in [0.25, 0.3) is 0 Å². The Morgan fingerprint density at radius 1 is 1.44 bits per heavy atom. The van der Waals surface area contributed by atoms with E-state index in [2.05, 4.69) is 9.97 Å². The standard InChI is InChI=1S/C18H20N4O3/c1-24-15-11-16(18-20-7-8-21-18)22(12-15)17(23)10-13-2-4-14(5-3-13)25-9-6-19/h2-5,7-8,15-16H,9-12H2,1H3,(H,20,21)/t15-,16?/m1/s1. The third kappa shape index (κ3) is 3.98. The van der Waals surface area contributed by atoms with E-state index < -0.39 is 0 Å². The summed E-state index contributed by atoms with van der Waals surface area (Å²) in [7, 11) is 1.66. The molecule has 3 rings (SSSR count). The summed E-state index contributed by atoms with van der Waals surface area (Å²) in [5, 5.41) is 8.52. The normalized spacial score (nSPS) is 19.6. The maximum atomic E-state index is 12.8. The first-order valence-electron chi connectivity index (χ1n) is 8.11. The van der Waals surface area contributed by atoms with Gasteiger partial charge < -0.3 is 19.4 Å². The van der Waals surface area contributed by atoms with Crippen molar-refractivity contribution in [1.29, 1.82) is 5.26 Å². The first-order valence-corrected chi connectivity index (χ1v) is 8.11.